The first-order valence-electron chi connectivity index (χ1n) is 6.14. The van der Waals surface area contributed by atoms with Crippen molar-refractivity contribution in [3.8, 4) is 0 Å². The molecule has 1 N–H and O–H groups in total. The van der Waals surface area contributed by atoms with Crippen molar-refractivity contribution < 1.29 is 23.1 Å². The largest absolute Gasteiger partial charge is 0.478 e. The van der Waals surface area contributed by atoms with Crippen molar-refractivity contribution in [2.45, 2.75) is 19.5 Å². The molecule has 6 heteroatoms. The molecule has 0 bridgehead atoms. The van der Waals surface area contributed by atoms with E-state index in [4.69, 9.17) is 5.11 Å². The van der Waals surface area contributed by atoms with Gasteiger partial charge in [0, 0.05) is 24.4 Å². The molecule has 0 atom stereocenters. The number of anilines is 1. The van der Waals surface area contributed by atoms with E-state index in [0.29, 0.717) is 0 Å². The van der Waals surface area contributed by atoms with E-state index in [1.807, 2.05) is 4.90 Å². The number of rotatable bonds is 2. The fourth-order valence-electron chi connectivity index (χ4n) is 2.29. The Kier molecular flexibility index (Phi) is 3.74. The number of aryl methyl sites for hydroxylation is 1. The van der Waals surface area contributed by atoms with E-state index in [0.717, 1.165) is 11.3 Å². The number of hydrogen-bond donors (Lipinski definition) is 1. The fraction of sp³-hybridized carbons (Fsp3) is 0.357. The van der Waals surface area contributed by atoms with Crippen LogP contribution >= 0.6 is 0 Å². The van der Waals surface area contributed by atoms with Crippen LogP contribution in [0.1, 0.15) is 22.3 Å². The molecule has 20 heavy (non-hydrogen) atoms. The summed E-state index contributed by atoms with van der Waals surface area (Å²) < 4.78 is 37.6. The summed E-state index contributed by atoms with van der Waals surface area (Å²) in [4.78, 5) is 12.7. The average Bonchev–Trinajstić information content (AvgIpc) is 2.37. The Labute approximate surface area is 114 Å². The van der Waals surface area contributed by atoms with Crippen LogP contribution in [0.5, 0.6) is 0 Å². The first-order chi connectivity index (χ1) is 9.29. The lowest BCUT2D eigenvalue weighted by Gasteiger charge is -2.30. The highest BCUT2D eigenvalue weighted by atomic mass is 19.4. The Bertz CT molecular complexity index is 564. The van der Waals surface area contributed by atoms with Crippen LogP contribution < -0.4 is 4.90 Å². The number of hydrogen-bond acceptors (Lipinski definition) is 2. The second-order valence-corrected chi connectivity index (χ2v) is 4.73. The normalized spacial score (nSPS) is 16.0. The predicted molar refractivity (Wildman–Crippen MR) is 69.1 cm³/mol. The lowest BCUT2D eigenvalue weighted by atomic mass is 10.0. The summed E-state index contributed by atoms with van der Waals surface area (Å²) in [6.45, 7) is 2.21. The number of nitrogens with zero attached hydrogens (tertiary/aromatic N) is 1. The van der Waals surface area contributed by atoms with Crippen LogP contribution in [0, 0.1) is 6.92 Å². The predicted octanol–water partition coefficient (Wildman–Crippen LogP) is 3.39. The van der Waals surface area contributed by atoms with Gasteiger partial charge in [0.05, 0.1) is 5.56 Å². The third kappa shape index (κ3) is 2.95. The SMILES string of the molecule is Cc1cc(C(=O)O)ccc1N1CC=C(C(F)(F)F)CC1. The molecule has 1 aromatic carbocycles. The topological polar surface area (TPSA) is 40.5 Å². The van der Waals surface area contributed by atoms with Gasteiger partial charge >= 0.3 is 12.1 Å². The molecule has 108 valence electrons. The number of alkyl halides is 3. The van der Waals surface area contributed by atoms with Crippen molar-refractivity contribution in [3.63, 3.8) is 0 Å². The smallest absolute Gasteiger partial charge is 0.412 e. The maximum Gasteiger partial charge on any atom is 0.412 e. The number of benzene rings is 1. The molecule has 0 aliphatic carbocycles. The standard InChI is InChI=1S/C14H14F3NO2/c1-9-8-10(13(19)20)2-3-12(9)18-6-4-11(5-7-18)14(15,16)17/h2-4,8H,5-7H2,1H3,(H,19,20). The molecule has 1 heterocycles. The van der Waals surface area contributed by atoms with Gasteiger partial charge in [-0.15, -0.1) is 0 Å². The maximum atomic E-state index is 12.5. The van der Waals surface area contributed by atoms with Crippen LogP contribution in [-0.2, 0) is 0 Å². The molecule has 0 unspecified atom stereocenters. The Morgan fingerprint density at radius 1 is 1.35 bits per heavy atom. The number of carbonyl (C=O) groups is 1. The second kappa shape index (κ2) is 5.19. The highest BCUT2D eigenvalue weighted by molar-refractivity contribution is 5.88. The third-order valence-corrected chi connectivity index (χ3v) is 3.36. The first-order valence-corrected chi connectivity index (χ1v) is 6.14. The summed E-state index contributed by atoms with van der Waals surface area (Å²) >= 11 is 0. The van der Waals surface area contributed by atoms with Gasteiger partial charge < -0.3 is 10.0 Å². The van der Waals surface area contributed by atoms with Gasteiger partial charge in [0.15, 0.2) is 0 Å². The molecule has 1 aliphatic heterocycles. The van der Waals surface area contributed by atoms with E-state index in [9.17, 15) is 18.0 Å². The lowest BCUT2D eigenvalue weighted by molar-refractivity contribution is -0.0944. The molecule has 0 saturated heterocycles. The molecule has 0 fully saturated rings. The molecule has 0 aromatic heterocycles. The van der Waals surface area contributed by atoms with Gasteiger partial charge in [-0.05, 0) is 37.1 Å². The molecular weight excluding hydrogens is 271 g/mol. The zero-order valence-corrected chi connectivity index (χ0v) is 10.9. The minimum Gasteiger partial charge on any atom is -0.478 e. The third-order valence-electron chi connectivity index (χ3n) is 3.36. The first kappa shape index (κ1) is 14.4. The second-order valence-electron chi connectivity index (χ2n) is 4.73. The Hall–Kier alpha value is -1.98. The van der Waals surface area contributed by atoms with Crippen molar-refractivity contribution in [1.29, 1.82) is 0 Å². The van der Waals surface area contributed by atoms with Gasteiger partial charge in [-0.2, -0.15) is 13.2 Å². The van der Waals surface area contributed by atoms with Crippen LogP contribution in [0.3, 0.4) is 0 Å². The van der Waals surface area contributed by atoms with E-state index in [1.165, 1.54) is 18.2 Å². The highest BCUT2D eigenvalue weighted by Gasteiger charge is 2.34. The molecule has 0 radical (unpaired) electrons. The van der Waals surface area contributed by atoms with Crippen molar-refractivity contribution >= 4 is 11.7 Å². The summed E-state index contributed by atoms with van der Waals surface area (Å²) in [7, 11) is 0. The lowest BCUT2D eigenvalue weighted by Crippen LogP contribution is -2.32. The van der Waals surface area contributed by atoms with E-state index >= 15 is 0 Å². The van der Waals surface area contributed by atoms with Gasteiger partial charge in [-0.1, -0.05) is 6.08 Å². The summed E-state index contributed by atoms with van der Waals surface area (Å²) in [6.07, 6.45) is -3.12. The van der Waals surface area contributed by atoms with E-state index in [1.54, 1.807) is 13.0 Å². The fourth-order valence-corrected chi connectivity index (χ4v) is 2.29. The molecule has 0 saturated carbocycles. The highest BCUT2D eigenvalue weighted by Crippen LogP contribution is 2.32. The Morgan fingerprint density at radius 3 is 2.50 bits per heavy atom. The van der Waals surface area contributed by atoms with Gasteiger partial charge in [0.2, 0.25) is 0 Å². The van der Waals surface area contributed by atoms with Gasteiger partial charge in [-0.3, -0.25) is 0 Å². The van der Waals surface area contributed by atoms with Crippen LogP contribution in [0.25, 0.3) is 0 Å². The van der Waals surface area contributed by atoms with Crippen LogP contribution in [-0.4, -0.2) is 30.3 Å². The van der Waals surface area contributed by atoms with Crippen molar-refractivity contribution in [1.82, 2.24) is 0 Å². The minimum atomic E-state index is -4.26. The molecule has 2 rings (SSSR count). The Balaban J connectivity index is 2.19. The monoisotopic (exact) mass is 285 g/mol. The quantitative estimate of drug-likeness (QED) is 0.847. The van der Waals surface area contributed by atoms with Gasteiger partial charge in [0.25, 0.3) is 0 Å². The summed E-state index contributed by atoms with van der Waals surface area (Å²) in [5.74, 6) is -1.02. The molecule has 1 aromatic rings. The minimum absolute atomic E-state index is 0.0520. The summed E-state index contributed by atoms with van der Waals surface area (Å²) in [6, 6.07) is 4.64. The van der Waals surface area contributed by atoms with Crippen molar-refractivity contribution in [2.24, 2.45) is 0 Å². The average molecular weight is 285 g/mol. The number of carboxylic acid groups (broad SMARTS) is 1. The molecule has 0 spiro atoms. The van der Waals surface area contributed by atoms with Crippen LogP contribution in [0.15, 0.2) is 29.8 Å². The molecule has 0 amide bonds. The van der Waals surface area contributed by atoms with Crippen LogP contribution in [0.4, 0.5) is 18.9 Å². The zero-order chi connectivity index (χ0) is 14.9. The van der Waals surface area contributed by atoms with Gasteiger partial charge in [-0.25, -0.2) is 4.79 Å². The summed E-state index contributed by atoms with van der Waals surface area (Å²) in [5, 5.41) is 8.89. The molecule has 1 aliphatic rings. The zero-order valence-electron chi connectivity index (χ0n) is 10.9. The van der Waals surface area contributed by atoms with Crippen LogP contribution in [0.2, 0.25) is 0 Å². The number of carboxylic acids is 1. The van der Waals surface area contributed by atoms with E-state index < -0.39 is 17.7 Å². The molecule has 3 nitrogen and oxygen atoms in total. The summed E-state index contributed by atoms with van der Waals surface area (Å²) in [5.41, 5.74) is 1.20. The molecular formula is C14H14F3NO2. The Morgan fingerprint density at radius 2 is 2.05 bits per heavy atom. The van der Waals surface area contributed by atoms with Gasteiger partial charge in [0.1, 0.15) is 0 Å². The van der Waals surface area contributed by atoms with Crippen molar-refractivity contribution in [2.75, 3.05) is 18.0 Å². The maximum absolute atomic E-state index is 12.5. The number of aromatic carboxylic acids is 1. The van der Waals surface area contributed by atoms with Crippen molar-refractivity contribution in [3.05, 3.63) is 41.0 Å². The van der Waals surface area contributed by atoms with E-state index in [-0.39, 0.29) is 25.1 Å². The number of halogens is 3. The van der Waals surface area contributed by atoms with E-state index in [2.05, 4.69) is 0 Å².